The Balaban J connectivity index is 3.37. The second kappa shape index (κ2) is 5.68. The van der Waals surface area contributed by atoms with E-state index in [0.29, 0.717) is 12.0 Å². The lowest BCUT2D eigenvalue weighted by atomic mass is 9.84. The molecule has 17 heavy (non-hydrogen) atoms. The number of nitrogens with one attached hydrogen (secondary N) is 1. The molecule has 1 aromatic carbocycles. The average molecular weight is 233 g/mol. The standard InChI is InChI=1S/C16H27N/c1-8-10(2)16(17-7)15-13(5)11(3)9-12(4)14(15)6/h9-10,16-17H,8H2,1-7H3. The van der Waals surface area contributed by atoms with E-state index in [1.165, 1.54) is 34.2 Å². The summed E-state index contributed by atoms with van der Waals surface area (Å²) in [5.41, 5.74) is 7.23. The summed E-state index contributed by atoms with van der Waals surface area (Å²) in [4.78, 5) is 0. The summed E-state index contributed by atoms with van der Waals surface area (Å²) >= 11 is 0. The molecule has 0 saturated carbocycles. The van der Waals surface area contributed by atoms with Crippen molar-refractivity contribution in [3.05, 3.63) is 33.9 Å². The Morgan fingerprint density at radius 2 is 1.53 bits per heavy atom. The molecule has 0 radical (unpaired) electrons. The highest BCUT2D eigenvalue weighted by Crippen LogP contribution is 2.32. The fourth-order valence-corrected chi connectivity index (χ4v) is 2.66. The molecule has 0 bridgehead atoms. The fourth-order valence-electron chi connectivity index (χ4n) is 2.66. The summed E-state index contributed by atoms with van der Waals surface area (Å²) in [5.74, 6) is 0.665. The normalized spacial score (nSPS) is 14.8. The van der Waals surface area contributed by atoms with Gasteiger partial charge in [-0.1, -0.05) is 26.3 Å². The van der Waals surface area contributed by atoms with Gasteiger partial charge >= 0.3 is 0 Å². The van der Waals surface area contributed by atoms with Crippen molar-refractivity contribution < 1.29 is 0 Å². The molecule has 1 aromatic rings. The third-order valence-corrected chi connectivity index (χ3v) is 4.26. The van der Waals surface area contributed by atoms with E-state index < -0.39 is 0 Å². The van der Waals surface area contributed by atoms with Gasteiger partial charge in [0, 0.05) is 6.04 Å². The topological polar surface area (TPSA) is 12.0 Å². The van der Waals surface area contributed by atoms with Crippen LogP contribution in [0.1, 0.15) is 54.1 Å². The Bertz CT molecular complexity index is 367. The van der Waals surface area contributed by atoms with Crippen LogP contribution in [0.15, 0.2) is 6.07 Å². The maximum Gasteiger partial charge on any atom is 0.0348 e. The van der Waals surface area contributed by atoms with Crippen LogP contribution >= 0.6 is 0 Å². The van der Waals surface area contributed by atoms with Crippen LogP contribution in [0.25, 0.3) is 0 Å². The van der Waals surface area contributed by atoms with Crippen molar-refractivity contribution in [2.75, 3.05) is 7.05 Å². The first-order valence-corrected chi connectivity index (χ1v) is 6.68. The van der Waals surface area contributed by atoms with Crippen molar-refractivity contribution in [3.8, 4) is 0 Å². The minimum absolute atomic E-state index is 0.471. The number of rotatable bonds is 4. The third kappa shape index (κ3) is 2.71. The lowest BCUT2D eigenvalue weighted by Crippen LogP contribution is -2.25. The molecule has 0 aliphatic carbocycles. The van der Waals surface area contributed by atoms with E-state index >= 15 is 0 Å². The zero-order chi connectivity index (χ0) is 13.2. The molecule has 0 fully saturated rings. The van der Waals surface area contributed by atoms with Crippen molar-refractivity contribution in [3.63, 3.8) is 0 Å². The molecule has 1 nitrogen and oxygen atoms in total. The van der Waals surface area contributed by atoms with Gasteiger partial charge < -0.3 is 5.32 Å². The monoisotopic (exact) mass is 233 g/mol. The SMILES string of the molecule is CCC(C)C(NC)c1c(C)c(C)cc(C)c1C. The van der Waals surface area contributed by atoms with Crippen molar-refractivity contribution in [2.24, 2.45) is 5.92 Å². The predicted molar refractivity (Wildman–Crippen MR) is 76.6 cm³/mol. The van der Waals surface area contributed by atoms with E-state index in [4.69, 9.17) is 0 Å². The van der Waals surface area contributed by atoms with Crippen LogP contribution in [0, 0.1) is 33.6 Å². The molecule has 0 saturated heterocycles. The molecule has 1 rings (SSSR count). The largest absolute Gasteiger partial charge is 0.313 e. The first-order chi connectivity index (χ1) is 7.93. The third-order valence-electron chi connectivity index (χ3n) is 4.26. The highest BCUT2D eigenvalue weighted by atomic mass is 14.9. The number of benzene rings is 1. The van der Waals surface area contributed by atoms with E-state index in [0.717, 1.165) is 0 Å². The minimum Gasteiger partial charge on any atom is -0.313 e. The van der Waals surface area contributed by atoms with Gasteiger partial charge in [0.05, 0.1) is 0 Å². The second-order valence-corrected chi connectivity index (χ2v) is 5.33. The average Bonchev–Trinajstić information content (AvgIpc) is 2.31. The molecule has 96 valence electrons. The summed E-state index contributed by atoms with van der Waals surface area (Å²) in [6, 6.07) is 2.77. The van der Waals surface area contributed by atoms with E-state index in [-0.39, 0.29) is 0 Å². The molecule has 0 amide bonds. The van der Waals surface area contributed by atoms with Gasteiger partial charge in [-0.15, -0.1) is 0 Å². The molecule has 0 aliphatic rings. The second-order valence-electron chi connectivity index (χ2n) is 5.33. The van der Waals surface area contributed by atoms with Crippen LogP contribution in [0.3, 0.4) is 0 Å². The first kappa shape index (κ1) is 14.2. The van der Waals surface area contributed by atoms with E-state index in [1.54, 1.807) is 0 Å². The smallest absolute Gasteiger partial charge is 0.0348 e. The Hall–Kier alpha value is -0.820. The summed E-state index contributed by atoms with van der Waals surface area (Å²) in [6.45, 7) is 13.5. The zero-order valence-electron chi connectivity index (χ0n) is 12.4. The Labute approximate surface area is 107 Å². The van der Waals surface area contributed by atoms with Crippen LogP contribution in [-0.4, -0.2) is 7.05 Å². The van der Waals surface area contributed by atoms with Gasteiger partial charge in [0.15, 0.2) is 0 Å². The summed E-state index contributed by atoms with van der Waals surface area (Å²) in [7, 11) is 2.08. The van der Waals surface area contributed by atoms with Gasteiger partial charge in [0.1, 0.15) is 0 Å². The lowest BCUT2D eigenvalue weighted by molar-refractivity contribution is 0.397. The molecule has 0 spiro atoms. The molecular formula is C16H27N. The van der Waals surface area contributed by atoms with Crippen LogP contribution in [0.4, 0.5) is 0 Å². The molecule has 1 heteroatoms. The van der Waals surface area contributed by atoms with Crippen molar-refractivity contribution in [1.82, 2.24) is 5.32 Å². The number of hydrogen-bond acceptors (Lipinski definition) is 1. The first-order valence-electron chi connectivity index (χ1n) is 6.68. The Kier molecular flexibility index (Phi) is 4.76. The van der Waals surface area contributed by atoms with Crippen LogP contribution < -0.4 is 5.32 Å². The zero-order valence-corrected chi connectivity index (χ0v) is 12.4. The number of hydrogen-bond donors (Lipinski definition) is 1. The van der Waals surface area contributed by atoms with Crippen molar-refractivity contribution >= 4 is 0 Å². The molecule has 2 atom stereocenters. The van der Waals surface area contributed by atoms with Crippen LogP contribution in [0.2, 0.25) is 0 Å². The van der Waals surface area contributed by atoms with Crippen molar-refractivity contribution in [2.45, 2.75) is 54.0 Å². The summed E-state index contributed by atoms with van der Waals surface area (Å²) in [5, 5.41) is 3.51. The lowest BCUT2D eigenvalue weighted by Gasteiger charge is -2.28. The number of aryl methyl sites for hydroxylation is 2. The summed E-state index contributed by atoms with van der Waals surface area (Å²) in [6.07, 6.45) is 1.21. The Morgan fingerprint density at radius 1 is 1.06 bits per heavy atom. The van der Waals surface area contributed by atoms with Gasteiger partial charge in [-0.2, -0.15) is 0 Å². The predicted octanol–water partition coefficient (Wildman–Crippen LogP) is 4.23. The quantitative estimate of drug-likeness (QED) is 0.820. The molecule has 2 unspecified atom stereocenters. The minimum atomic E-state index is 0.471. The maximum atomic E-state index is 3.51. The molecule has 0 aromatic heterocycles. The molecular weight excluding hydrogens is 206 g/mol. The van der Waals surface area contributed by atoms with E-state index in [1.807, 2.05) is 0 Å². The van der Waals surface area contributed by atoms with Crippen LogP contribution in [-0.2, 0) is 0 Å². The van der Waals surface area contributed by atoms with Gasteiger partial charge in [0.2, 0.25) is 0 Å². The van der Waals surface area contributed by atoms with E-state index in [2.05, 4.69) is 60.0 Å². The molecule has 0 heterocycles. The highest BCUT2D eigenvalue weighted by molar-refractivity contribution is 5.45. The Morgan fingerprint density at radius 3 is 1.88 bits per heavy atom. The van der Waals surface area contributed by atoms with Gasteiger partial charge in [-0.3, -0.25) is 0 Å². The van der Waals surface area contributed by atoms with Gasteiger partial charge in [0.25, 0.3) is 0 Å². The molecule has 0 aliphatic heterocycles. The molecule has 1 N–H and O–H groups in total. The highest BCUT2D eigenvalue weighted by Gasteiger charge is 2.21. The van der Waals surface area contributed by atoms with E-state index in [9.17, 15) is 0 Å². The van der Waals surface area contributed by atoms with Gasteiger partial charge in [-0.05, 0) is 68.5 Å². The summed E-state index contributed by atoms with van der Waals surface area (Å²) < 4.78 is 0. The fraction of sp³-hybridized carbons (Fsp3) is 0.625. The maximum absolute atomic E-state index is 3.51. The van der Waals surface area contributed by atoms with Crippen molar-refractivity contribution in [1.29, 1.82) is 0 Å². The van der Waals surface area contributed by atoms with Gasteiger partial charge in [-0.25, -0.2) is 0 Å². The van der Waals surface area contributed by atoms with Crippen LogP contribution in [0.5, 0.6) is 0 Å².